The normalized spacial score (nSPS) is 9.36. The maximum atomic E-state index is 3.53. The van der Waals surface area contributed by atoms with Crippen molar-refractivity contribution in [3.63, 3.8) is 0 Å². The van der Waals surface area contributed by atoms with Crippen LogP contribution in [0.1, 0.15) is 30.9 Å². The molecule has 0 bridgehead atoms. The van der Waals surface area contributed by atoms with Gasteiger partial charge in [0.15, 0.2) is 0 Å². The molecule has 0 saturated carbocycles. The van der Waals surface area contributed by atoms with Crippen LogP contribution in [0.4, 0.5) is 0 Å². The van der Waals surface area contributed by atoms with Crippen molar-refractivity contribution >= 4 is 15.9 Å². The van der Waals surface area contributed by atoms with Crippen molar-refractivity contribution < 1.29 is 0 Å². The number of rotatable bonds is 2. The zero-order valence-electron chi connectivity index (χ0n) is 8.73. The van der Waals surface area contributed by atoms with E-state index in [9.17, 15) is 0 Å². The van der Waals surface area contributed by atoms with Gasteiger partial charge in [-0.05, 0) is 30.5 Å². The van der Waals surface area contributed by atoms with Gasteiger partial charge in [-0.2, -0.15) is 0 Å². The van der Waals surface area contributed by atoms with E-state index in [1.54, 1.807) is 0 Å². The van der Waals surface area contributed by atoms with E-state index < -0.39 is 0 Å². The van der Waals surface area contributed by atoms with Gasteiger partial charge in [-0.15, -0.1) is 11.8 Å². The summed E-state index contributed by atoms with van der Waals surface area (Å²) in [4.78, 5) is 0. The molecule has 0 nitrogen and oxygen atoms in total. The fourth-order valence-corrected chi connectivity index (χ4v) is 1.74. The quantitative estimate of drug-likeness (QED) is 0.694. The average molecular weight is 251 g/mol. The maximum Gasteiger partial charge on any atom is 0.0207 e. The van der Waals surface area contributed by atoms with Crippen molar-refractivity contribution in [1.82, 2.24) is 0 Å². The summed E-state index contributed by atoms with van der Waals surface area (Å²) in [6.07, 6.45) is 2.97. The van der Waals surface area contributed by atoms with E-state index in [1.807, 2.05) is 0 Å². The van der Waals surface area contributed by atoms with Crippen LogP contribution < -0.4 is 0 Å². The molecular weight excluding hydrogens is 236 g/mol. The number of hydrogen-bond donors (Lipinski definition) is 0. The first kappa shape index (κ1) is 11.3. The van der Waals surface area contributed by atoms with Crippen LogP contribution in [0.15, 0.2) is 22.7 Å². The number of hydrogen-bond acceptors (Lipinski definition) is 0. The second-order valence-corrected chi connectivity index (χ2v) is 4.09. The summed E-state index contributed by atoms with van der Waals surface area (Å²) in [6, 6.07) is 6.34. The molecule has 0 spiro atoms. The topological polar surface area (TPSA) is 0 Å². The highest BCUT2D eigenvalue weighted by Crippen LogP contribution is 2.20. The molecule has 0 aliphatic rings. The van der Waals surface area contributed by atoms with E-state index in [0.29, 0.717) is 0 Å². The molecule has 0 N–H and O–H groups in total. The molecule has 1 aromatic carbocycles. The lowest BCUT2D eigenvalue weighted by molar-refractivity contribution is 1.01. The highest BCUT2D eigenvalue weighted by Gasteiger charge is 1.99. The van der Waals surface area contributed by atoms with Crippen LogP contribution in [0.5, 0.6) is 0 Å². The Morgan fingerprint density at radius 1 is 1.29 bits per heavy atom. The van der Waals surface area contributed by atoms with E-state index in [4.69, 9.17) is 0 Å². The van der Waals surface area contributed by atoms with Gasteiger partial charge in [0, 0.05) is 17.3 Å². The highest BCUT2D eigenvalue weighted by atomic mass is 79.9. The summed E-state index contributed by atoms with van der Waals surface area (Å²) in [7, 11) is 0. The molecule has 0 unspecified atom stereocenters. The average Bonchev–Trinajstić information content (AvgIpc) is 2.19. The van der Waals surface area contributed by atoms with Crippen molar-refractivity contribution in [2.45, 2.75) is 33.1 Å². The van der Waals surface area contributed by atoms with Crippen molar-refractivity contribution in [2.75, 3.05) is 0 Å². The highest BCUT2D eigenvalue weighted by molar-refractivity contribution is 9.10. The van der Waals surface area contributed by atoms with Crippen LogP contribution in [0, 0.1) is 18.8 Å². The van der Waals surface area contributed by atoms with Gasteiger partial charge in [0.2, 0.25) is 0 Å². The molecule has 14 heavy (non-hydrogen) atoms. The lowest BCUT2D eigenvalue weighted by Gasteiger charge is -2.04. The summed E-state index contributed by atoms with van der Waals surface area (Å²) in [5.41, 5.74) is 2.73. The minimum Gasteiger partial charge on any atom is -0.104 e. The van der Waals surface area contributed by atoms with E-state index >= 15 is 0 Å². The standard InChI is InChI=1S/C13H15Br/c1-3-4-5-6-8-12-9-7-10-13(14)11(12)2/h7,9-10H,3,6,8H2,1-2H3. The SMILES string of the molecule is CCC#CCCc1cccc(Br)c1C. The van der Waals surface area contributed by atoms with Gasteiger partial charge in [-0.1, -0.05) is 35.0 Å². The Morgan fingerprint density at radius 2 is 2.07 bits per heavy atom. The summed E-state index contributed by atoms with van der Waals surface area (Å²) in [5, 5.41) is 0. The Bertz CT molecular complexity index is 355. The molecule has 1 heteroatoms. The third-order valence-corrected chi connectivity index (χ3v) is 3.06. The molecule has 74 valence electrons. The molecule has 0 saturated heterocycles. The third kappa shape index (κ3) is 3.20. The Hall–Kier alpha value is -0.740. The fourth-order valence-electron chi connectivity index (χ4n) is 1.33. The van der Waals surface area contributed by atoms with Gasteiger partial charge in [-0.25, -0.2) is 0 Å². The van der Waals surface area contributed by atoms with E-state index in [2.05, 4.69) is 59.8 Å². The van der Waals surface area contributed by atoms with Gasteiger partial charge in [-0.3, -0.25) is 0 Å². The maximum absolute atomic E-state index is 3.53. The van der Waals surface area contributed by atoms with Crippen LogP contribution in [0.25, 0.3) is 0 Å². The largest absolute Gasteiger partial charge is 0.104 e. The molecule has 0 fully saturated rings. The number of halogens is 1. The summed E-state index contributed by atoms with van der Waals surface area (Å²) in [6.45, 7) is 4.23. The van der Waals surface area contributed by atoms with Crippen LogP contribution in [-0.4, -0.2) is 0 Å². The minimum atomic E-state index is 0.956. The van der Waals surface area contributed by atoms with Crippen molar-refractivity contribution in [1.29, 1.82) is 0 Å². The van der Waals surface area contributed by atoms with Crippen molar-refractivity contribution in [3.05, 3.63) is 33.8 Å². The Kier molecular flexibility index (Phi) is 4.76. The Balaban J connectivity index is 2.63. The van der Waals surface area contributed by atoms with Crippen LogP contribution in [0.2, 0.25) is 0 Å². The second-order valence-electron chi connectivity index (χ2n) is 3.23. The van der Waals surface area contributed by atoms with Crippen LogP contribution >= 0.6 is 15.9 Å². The third-order valence-electron chi connectivity index (χ3n) is 2.20. The zero-order chi connectivity index (χ0) is 10.4. The van der Waals surface area contributed by atoms with Crippen LogP contribution in [0.3, 0.4) is 0 Å². The molecule has 0 aliphatic carbocycles. The Morgan fingerprint density at radius 3 is 2.79 bits per heavy atom. The first-order valence-corrected chi connectivity index (χ1v) is 5.74. The lowest BCUT2D eigenvalue weighted by atomic mass is 10.0. The number of benzene rings is 1. The molecule has 0 aliphatic heterocycles. The molecule has 0 atom stereocenters. The van der Waals surface area contributed by atoms with Gasteiger partial charge in [0.25, 0.3) is 0 Å². The van der Waals surface area contributed by atoms with E-state index in [0.717, 1.165) is 19.3 Å². The smallest absolute Gasteiger partial charge is 0.0207 e. The predicted molar refractivity (Wildman–Crippen MR) is 65.3 cm³/mol. The van der Waals surface area contributed by atoms with Gasteiger partial charge in [0.05, 0.1) is 0 Å². The molecule has 0 radical (unpaired) electrons. The first-order valence-electron chi connectivity index (χ1n) is 4.95. The molecular formula is C13H15Br. The van der Waals surface area contributed by atoms with E-state index in [1.165, 1.54) is 15.6 Å². The number of aryl methyl sites for hydroxylation is 1. The van der Waals surface area contributed by atoms with Gasteiger partial charge >= 0.3 is 0 Å². The van der Waals surface area contributed by atoms with Crippen molar-refractivity contribution in [2.24, 2.45) is 0 Å². The second kappa shape index (κ2) is 5.88. The zero-order valence-corrected chi connectivity index (χ0v) is 10.3. The fraction of sp³-hybridized carbons (Fsp3) is 0.385. The van der Waals surface area contributed by atoms with Crippen LogP contribution in [-0.2, 0) is 6.42 Å². The first-order chi connectivity index (χ1) is 6.75. The summed E-state index contributed by atoms with van der Waals surface area (Å²) < 4.78 is 1.19. The molecule has 0 amide bonds. The summed E-state index contributed by atoms with van der Waals surface area (Å²) in [5.74, 6) is 6.26. The minimum absolute atomic E-state index is 0.956. The molecule has 1 aromatic rings. The molecule has 0 heterocycles. The van der Waals surface area contributed by atoms with Gasteiger partial charge < -0.3 is 0 Å². The summed E-state index contributed by atoms with van der Waals surface area (Å²) >= 11 is 3.53. The molecule has 1 rings (SSSR count). The predicted octanol–water partition coefficient (Wildman–Crippen LogP) is 4.10. The van der Waals surface area contributed by atoms with E-state index in [-0.39, 0.29) is 0 Å². The van der Waals surface area contributed by atoms with Crippen molar-refractivity contribution in [3.8, 4) is 11.8 Å². The monoisotopic (exact) mass is 250 g/mol. The Labute approximate surface area is 94.9 Å². The van der Waals surface area contributed by atoms with Gasteiger partial charge in [0.1, 0.15) is 0 Å². The lowest BCUT2D eigenvalue weighted by Crippen LogP contribution is -1.89. The molecule has 0 aromatic heterocycles.